The Hall–Kier alpha value is -3.66. The number of quaternary nitrogens is 1. The molecule has 0 saturated carbocycles. The summed E-state index contributed by atoms with van der Waals surface area (Å²) in [5.41, 5.74) is 0.0130. The van der Waals surface area contributed by atoms with E-state index in [1.807, 2.05) is 21.1 Å². The third-order valence-corrected chi connectivity index (χ3v) is 7.92. The lowest BCUT2D eigenvalue weighted by molar-refractivity contribution is -0.870. The van der Waals surface area contributed by atoms with Gasteiger partial charge in [-0.1, -0.05) is 29.1 Å². The topological polar surface area (TPSA) is 251 Å². The molecule has 2 aromatic rings. The number of ether oxygens (including phenoxy) is 4. The number of aliphatic hydroxyl groups is 4. The Bertz CT molecular complexity index is 1500. The Labute approximate surface area is 288 Å². The number of phenols is 2. The van der Waals surface area contributed by atoms with Gasteiger partial charge >= 0.3 is 16.4 Å². The van der Waals surface area contributed by atoms with Crippen molar-refractivity contribution >= 4 is 39.2 Å². The molecule has 7 N–H and O–H groups in total. The minimum absolute atomic E-state index is 0.00742. The quantitative estimate of drug-likeness (QED) is 0.0277. The monoisotopic (exact) mass is 735 g/mol. The highest BCUT2D eigenvalue weighted by atomic mass is 32.3. The van der Waals surface area contributed by atoms with Crippen LogP contribution in [0.15, 0.2) is 47.6 Å². The van der Waals surface area contributed by atoms with Crippen molar-refractivity contribution in [3.05, 3.63) is 53.6 Å². The summed E-state index contributed by atoms with van der Waals surface area (Å²) < 4.78 is 55.5. The molecule has 0 aromatic heterocycles. The number of nitrogens with zero attached hydrogens (tertiary/aromatic N) is 2. The molecule has 1 heterocycles. The van der Waals surface area contributed by atoms with Gasteiger partial charge in [0.15, 0.2) is 11.5 Å². The van der Waals surface area contributed by atoms with Gasteiger partial charge in [0.1, 0.15) is 53.8 Å². The van der Waals surface area contributed by atoms with E-state index in [4.69, 9.17) is 23.5 Å². The fourth-order valence-corrected chi connectivity index (χ4v) is 5.24. The van der Waals surface area contributed by atoms with E-state index >= 15 is 0 Å². The fraction of sp³-hybridized carbons (Fsp3) is 0.467. The Kier molecular flexibility index (Phi) is 16.0. The number of thioether (sulfide) groups is 1. The lowest BCUT2D eigenvalue weighted by atomic mass is 10.0. The first-order valence-electron chi connectivity index (χ1n) is 14.5. The number of rotatable bonds is 13. The van der Waals surface area contributed by atoms with Gasteiger partial charge in [-0.25, -0.2) is 9.08 Å². The lowest BCUT2D eigenvalue weighted by Crippen LogP contribution is -2.57. The molecule has 49 heavy (non-hydrogen) atoms. The molecule has 5 unspecified atom stereocenters. The molecule has 274 valence electrons. The van der Waals surface area contributed by atoms with E-state index in [0.717, 1.165) is 11.0 Å². The summed E-state index contributed by atoms with van der Waals surface area (Å²) >= 11 is 0.671. The number of hydrogen-bond donors (Lipinski definition) is 7. The van der Waals surface area contributed by atoms with Crippen LogP contribution in [0.5, 0.6) is 23.0 Å². The summed E-state index contributed by atoms with van der Waals surface area (Å²) in [6.45, 7) is 0.462. The predicted octanol–water partition coefficient (Wildman–Crippen LogP) is 0.273. The number of benzene rings is 2. The van der Waals surface area contributed by atoms with Gasteiger partial charge < -0.3 is 54.1 Å². The molecular weight excluding hydrogens is 692 g/mol. The molecule has 19 heteroatoms. The molecule has 2 aromatic carbocycles. The Morgan fingerprint density at radius 3 is 2.10 bits per heavy atom. The van der Waals surface area contributed by atoms with E-state index in [1.165, 1.54) is 44.6 Å². The van der Waals surface area contributed by atoms with Crippen LogP contribution in [0, 0.1) is 0 Å². The van der Waals surface area contributed by atoms with Crippen molar-refractivity contribution in [2.75, 3.05) is 55.1 Å². The van der Waals surface area contributed by atoms with E-state index in [9.17, 15) is 43.9 Å². The lowest BCUT2D eigenvalue weighted by Gasteiger charge is -2.39. The van der Waals surface area contributed by atoms with Crippen LogP contribution in [0.1, 0.15) is 11.1 Å². The van der Waals surface area contributed by atoms with Gasteiger partial charge in [0.25, 0.3) is 0 Å². The normalized spacial score (nSPS) is 21.4. The molecule has 0 amide bonds. The van der Waals surface area contributed by atoms with Crippen LogP contribution in [-0.4, -0.2) is 144 Å². The first kappa shape index (κ1) is 41.5. The number of carbonyl (C=O) groups excluding carboxylic acids is 1. The van der Waals surface area contributed by atoms with Crippen LogP contribution in [-0.2, 0) is 35.4 Å². The van der Waals surface area contributed by atoms with Crippen molar-refractivity contribution in [2.45, 2.75) is 36.3 Å². The second kappa shape index (κ2) is 18.9. The second-order valence-corrected chi connectivity index (χ2v) is 13.6. The highest BCUT2D eigenvalue weighted by Gasteiger charge is 2.44. The molecule has 0 spiro atoms. The molecule has 0 bridgehead atoms. The number of aromatic hydroxyl groups is 2. The number of phenolic OH excluding ortho intramolecular Hbond substituents is 2. The van der Waals surface area contributed by atoms with Crippen LogP contribution >= 0.6 is 11.8 Å². The first-order valence-corrected chi connectivity index (χ1v) is 16.7. The predicted molar refractivity (Wildman–Crippen MR) is 177 cm³/mol. The van der Waals surface area contributed by atoms with Gasteiger partial charge in [0.2, 0.25) is 5.75 Å². The van der Waals surface area contributed by atoms with Crippen LogP contribution < -0.4 is 9.47 Å². The third-order valence-electron chi connectivity index (χ3n) is 6.55. The average molecular weight is 736 g/mol. The maximum atomic E-state index is 11.7. The molecule has 1 fully saturated rings. The number of methoxy groups -OCH3 is 2. The number of esters is 1. The maximum absolute atomic E-state index is 11.7. The zero-order valence-electron chi connectivity index (χ0n) is 27.4. The summed E-state index contributed by atoms with van der Waals surface area (Å²) in [5.74, 6) is 0.0648. The van der Waals surface area contributed by atoms with Gasteiger partial charge in [-0.2, -0.15) is 8.42 Å². The van der Waals surface area contributed by atoms with E-state index in [1.54, 1.807) is 18.2 Å². The van der Waals surface area contributed by atoms with E-state index in [2.05, 4.69) is 9.44 Å². The first-order chi connectivity index (χ1) is 22.9. The molecule has 1 saturated heterocycles. The van der Waals surface area contributed by atoms with Crippen molar-refractivity contribution in [1.29, 1.82) is 0 Å². The molecule has 0 radical (unpaired) electrons. The van der Waals surface area contributed by atoms with Crippen LogP contribution in [0.25, 0.3) is 6.08 Å². The molecule has 17 nitrogen and oxygen atoms in total. The summed E-state index contributed by atoms with van der Waals surface area (Å²) in [6, 6.07) is 9.02. The zero-order valence-corrected chi connectivity index (χ0v) is 29.1. The SMILES string of the molecule is COc1cc(C=CC(=O)OCC[N+](C)(C)C)cc(OC)c1O.O=S(=O)(O)ON=C(Cc1ccc(O)cc1)SC1OC(CO)C(O)C(O)C1O. The highest BCUT2D eigenvalue weighted by Crippen LogP contribution is 2.37. The summed E-state index contributed by atoms with van der Waals surface area (Å²) in [5, 5.41) is 61.3. The van der Waals surface area contributed by atoms with Crippen LogP contribution in [0.2, 0.25) is 0 Å². The number of likely N-dealkylation sites (N-methyl/N-ethyl adjacent to an activating group) is 1. The van der Waals surface area contributed by atoms with Gasteiger partial charge in [0.05, 0.1) is 42.0 Å². The van der Waals surface area contributed by atoms with Gasteiger partial charge in [-0.15, -0.1) is 0 Å². The highest BCUT2D eigenvalue weighted by molar-refractivity contribution is 8.14. The standard InChI is InChI=1S/C16H23NO5.C14H19NO10S2/c1-17(2,3)8-9-22-15(18)7-6-12-10-13(20-4)16(19)14(11-12)21-5;16-6-9-11(18)12(19)13(20)14(24-9)26-10(15-25-27(21,22)23)5-7-1-3-8(17)4-2-7/h6-7,10-11H,8-9H2,1-5H3;1-4,9,11-14,16-20H,5-6H2,(H,21,22,23)/p+1. The van der Waals surface area contributed by atoms with Gasteiger partial charge in [0, 0.05) is 12.5 Å². The van der Waals surface area contributed by atoms with Crippen LogP contribution in [0.3, 0.4) is 0 Å². The van der Waals surface area contributed by atoms with Crippen LogP contribution in [0.4, 0.5) is 0 Å². The van der Waals surface area contributed by atoms with E-state index < -0.39 is 52.8 Å². The Balaban J connectivity index is 0.000000348. The van der Waals surface area contributed by atoms with Crippen molar-refractivity contribution < 1.29 is 76.1 Å². The zero-order chi connectivity index (χ0) is 36.9. The minimum atomic E-state index is -4.88. The molecule has 1 aliphatic heterocycles. The third kappa shape index (κ3) is 14.4. The molecule has 1 aliphatic rings. The smallest absolute Gasteiger partial charge is 0.466 e. The molecule has 0 aliphatic carbocycles. The summed E-state index contributed by atoms with van der Waals surface area (Å²) in [4.78, 5) is 11.7. The number of aliphatic hydroxyl groups excluding tert-OH is 4. The Morgan fingerprint density at radius 2 is 1.59 bits per heavy atom. The van der Waals surface area contributed by atoms with Crippen molar-refractivity contribution in [2.24, 2.45) is 5.16 Å². The number of oxime groups is 1. The molecular formula is C30H43N2O15S2+. The summed E-state index contributed by atoms with van der Waals surface area (Å²) in [6.07, 6.45) is -3.02. The number of hydrogen-bond acceptors (Lipinski definition) is 16. The second-order valence-electron chi connectivity index (χ2n) is 11.4. The minimum Gasteiger partial charge on any atom is -0.508 e. The van der Waals surface area contributed by atoms with Crippen molar-refractivity contribution in [1.82, 2.24) is 0 Å². The van der Waals surface area contributed by atoms with Crippen molar-refractivity contribution in [3.63, 3.8) is 0 Å². The maximum Gasteiger partial charge on any atom is 0.466 e. The molecule has 5 atom stereocenters. The van der Waals surface area contributed by atoms with Crippen molar-refractivity contribution in [3.8, 4) is 23.0 Å². The fourth-order valence-electron chi connectivity index (χ4n) is 3.91. The van der Waals surface area contributed by atoms with E-state index in [-0.39, 0.29) is 34.5 Å². The average Bonchev–Trinajstić information content (AvgIpc) is 3.03. The van der Waals surface area contributed by atoms with Gasteiger partial charge in [-0.3, -0.25) is 4.55 Å². The van der Waals surface area contributed by atoms with E-state index in [0.29, 0.717) is 29.5 Å². The summed E-state index contributed by atoms with van der Waals surface area (Å²) in [7, 11) is 4.09. The number of carbonyl (C=O) groups is 1. The Morgan fingerprint density at radius 1 is 1.00 bits per heavy atom. The van der Waals surface area contributed by atoms with Gasteiger partial charge in [-0.05, 0) is 41.5 Å². The largest absolute Gasteiger partial charge is 0.508 e. The molecule has 3 rings (SSSR count).